The monoisotopic (exact) mass is 552 g/mol. The molecule has 0 heterocycles. The molecule has 1 rings (SSSR count). The van der Waals surface area contributed by atoms with Crippen molar-refractivity contribution in [1.29, 1.82) is 0 Å². The van der Waals surface area contributed by atoms with Crippen LogP contribution in [-0.2, 0) is 22.0 Å². The van der Waals surface area contributed by atoms with Gasteiger partial charge in [0.2, 0.25) is 0 Å². The highest BCUT2D eigenvalue weighted by atomic mass is 127. The zero-order valence-electron chi connectivity index (χ0n) is 19.1. The van der Waals surface area contributed by atoms with Crippen molar-refractivity contribution in [3.05, 3.63) is 29.8 Å². The summed E-state index contributed by atoms with van der Waals surface area (Å²) in [5, 5.41) is 9.17. The van der Waals surface area contributed by atoms with Gasteiger partial charge in [-0.05, 0) is 65.7 Å². The number of ether oxygens (including phenoxy) is 1. The normalized spacial score (nSPS) is 13.1. The van der Waals surface area contributed by atoms with Gasteiger partial charge in [0, 0.05) is 47.1 Å². The number of aliphatic imine (C=N–C) groups is 1. The minimum atomic E-state index is -0.888. The Kier molecular flexibility index (Phi) is 12.5. The molecule has 1 atom stereocenters. The Bertz CT molecular complexity index is 710. The second-order valence-corrected chi connectivity index (χ2v) is 11.0. The summed E-state index contributed by atoms with van der Waals surface area (Å²) in [6, 6.07) is 7.65. The predicted molar refractivity (Wildman–Crippen MR) is 138 cm³/mol. The van der Waals surface area contributed by atoms with Crippen molar-refractivity contribution in [2.45, 2.75) is 58.3 Å². The summed E-state index contributed by atoms with van der Waals surface area (Å²) in [4.78, 5) is 16.0. The zero-order valence-corrected chi connectivity index (χ0v) is 22.3. The molecular weight excluding hydrogens is 515 g/mol. The maximum Gasteiger partial charge on any atom is 0.412 e. The van der Waals surface area contributed by atoms with E-state index in [0.29, 0.717) is 30.5 Å². The number of rotatable bonds is 7. The Morgan fingerprint density at radius 3 is 2.10 bits per heavy atom. The minimum Gasteiger partial charge on any atom is -0.444 e. The van der Waals surface area contributed by atoms with Gasteiger partial charge in [0.1, 0.15) is 5.60 Å². The number of carbonyl (C=O) groups excluding carboxylic acids is 1. The third kappa shape index (κ3) is 12.4. The van der Waals surface area contributed by atoms with Crippen LogP contribution >= 0.6 is 24.0 Å². The molecule has 0 aromatic heterocycles. The van der Waals surface area contributed by atoms with Gasteiger partial charge in [-0.2, -0.15) is 0 Å². The van der Waals surface area contributed by atoms with Crippen molar-refractivity contribution < 1.29 is 13.7 Å². The van der Waals surface area contributed by atoms with Gasteiger partial charge < -0.3 is 15.4 Å². The van der Waals surface area contributed by atoms with E-state index in [2.05, 4.69) is 20.9 Å². The van der Waals surface area contributed by atoms with E-state index in [1.54, 1.807) is 7.05 Å². The smallest absolute Gasteiger partial charge is 0.412 e. The standard InChI is InChI=1S/C21H36N4O3S.HI/c1-20(2,3)28-19(26)25-17-10-8-16(9-11-17)12-13-23-18(22-7)24-14-15-29(27)21(4,5)6;/h8-11H,12-15H2,1-7H3,(H,25,26)(H2,22,23,24);1H. The third-order valence-corrected chi connectivity index (χ3v) is 5.73. The number of carbonyl (C=O) groups is 1. The van der Waals surface area contributed by atoms with E-state index in [-0.39, 0.29) is 28.7 Å². The summed E-state index contributed by atoms with van der Waals surface area (Å²) in [7, 11) is 0.828. The van der Waals surface area contributed by atoms with Crippen molar-refractivity contribution in [3.8, 4) is 0 Å². The second-order valence-electron chi connectivity index (χ2n) is 8.66. The van der Waals surface area contributed by atoms with Crippen LogP contribution in [0.25, 0.3) is 0 Å². The maximum absolute atomic E-state index is 12.1. The Labute approximate surface area is 200 Å². The molecule has 0 aliphatic heterocycles. The molecule has 0 fully saturated rings. The van der Waals surface area contributed by atoms with E-state index in [4.69, 9.17) is 4.74 Å². The largest absolute Gasteiger partial charge is 0.444 e. The van der Waals surface area contributed by atoms with Crippen LogP contribution in [0.15, 0.2) is 29.3 Å². The van der Waals surface area contributed by atoms with Gasteiger partial charge in [-0.3, -0.25) is 14.5 Å². The van der Waals surface area contributed by atoms with Crippen molar-refractivity contribution in [2.24, 2.45) is 4.99 Å². The molecule has 0 radical (unpaired) electrons. The highest BCUT2D eigenvalue weighted by Crippen LogP contribution is 2.13. The molecule has 1 aromatic rings. The number of hydrogen-bond donors (Lipinski definition) is 3. The number of hydrogen-bond acceptors (Lipinski definition) is 4. The molecule has 9 heteroatoms. The third-order valence-electron chi connectivity index (χ3n) is 3.79. The van der Waals surface area contributed by atoms with E-state index in [0.717, 1.165) is 12.0 Å². The summed E-state index contributed by atoms with van der Waals surface area (Å²) in [6.45, 7) is 12.7. The molecule has 1 unspecified atom stereocenters. The molecule has 0 saturated carbocycles. The van der Waals surface area contributed by atoms with Gasteiger partial charge in [0.15, 0.2) is 5.96 Å². The average molecular weight is 553 g/mol. The Morgan fingerprint density at radius 2 is 1.60 bits per heavy atom. The van der Waals surface area contributed by atoms with E-state index in [1.807, 2.05) is 65.8 Å². The van der Waals surface area contributed by atoms with Gasteiger partial charge in [0.25, 0.3) is 0 Å². The Hall–Kier alpha value is -1.36. The number of anilines is 1. The first-order valence-electron chi connectivity index (χ1n) is 9.82. The van der Waals surface area contributed by atoms with E-state index >= 15 is 0 Å². The fraction of sp³-hybridized carbons (Fsp3) is 0.619. The first-order valence-corrected chi connectivity index (χ1v) is 11.1. The van der Waals surface area contributed by atoms with E-state index in [9.17, 15) is 9.00 Å². The molecule has 1 amide bonds. The molecule has 0 saturated heterocycles. The summed E-state index contributed by atoms with van der Waals surface area (Å²) < 4.78 is 17.1. The number of guanidine groups is 1. The van der Waals surface area contributed by atoms with Gasteiger partial charge >= 0.3 is 6.09 Å². The Morgan fingerprint density at radius 1 is 1.03 bits per heavy atom. The molecule has 7 nitrogen and oxygen atoms in total. The van der Waals surface area contributed by atoms with Crippen LogP contribution in [-0.4, -0.2) is 52.5 Å². The van der Waals surface area contributed by atoms with Crippen LogP contribution in [0.2, 0.25) is 0 Å². The summed E-state index contributed by atoms with van der Waals surface area (Å²) in [5.41, 5.74) is 1.31. The van der Waals surface area contributed by atoms with Gasteiger partial charge in [0.05, 0.1) is 0 Å². The molecule has 0 bridgehead atoms. The van der Waals surface area contributed by atoms with Crippen LogP contribution in [0.1, 0.15) is 47.1 Å². The fourth-order valence-corrected chi connectivity index (χ4v) is 3.19. The lowest BCUT2D eigenvalue weighted by Crippen LogP contribution is -2.41. The van der Waals surface area contributed by atoms with Crippen molar-refractivity contribution in [1.82, 2.24) is 10.6 Å². The lowest BCUT2D eigenvalue weighted by atomic mass is 10.1. The van der Waals surface area contributed by atoms with E-state index in [1.165, 1.54) is 0 Å². The van der Waals surface area contributed by atoms with Crippen LogP contribution in [0.4, 0.5) is 10.5 Å². The fourth-order valence-electron chi connectivity index (χ4n) is 2.29. The number of benzene rings is 1. The molecule has 0 spiro atoms. The number of halogens is 1. The number of nitrogens with zero attached hydrogens (tertiary/aromatic N) is 1. The second kappa shape index (κ2) is 13.1. The van der Waals surface area contributed by atoms with Crippen LogP contribution < -0.4 is 16.0 Å². The first-order chi connectivity index (χ1) is 13.4. The molecule has 0 aliphatic carbocycles. The van der Waals surface area contributed by atoms with Crippen molar-refractivity contribution in [2.75, 3.05) is 31.2 Å². The lowest BCUT2D eigenvalue weighted by Gasteiger charge is -2.19. The van der Waals surface area contributed by atoms with Gasteiger partial charge in [-0.25, -0.2) is 4.79 Å². The van der Waals surface area contributed by atoms with Gasteiger partial charge in [-0.15, -0.1) is 24.0 Å². The molecule has 1 aromatic carbocycles. The summed E-state index contributed by atoms with van der Waals surface area (Å²) in [6.07, 6.45) is 0.343. The lowest BCUT2D eigenvalue weighted by molar-refractivity contribution is 0.0636. The van der Waals surface area contributed by atoms with Crippen molar-refractivity contribution >= 4 is 52.5 Å². The molecule has 172 valence electrons. The number of amides is 1. The summed E-state index contributed by atoms with van der Waals surface area (Å²) >= 11 is 0. The highest BCUT2D eigenvalue weighted by Gasteiger charge is 2.18. The van der Waals surface area contributed by atoms with Crippen LogP contribution in [0.5, 0.6) is 0 Å². The molecule has 3 N–H and O–H groups in total. The zero-order chi connectivity index (χ0) is 22.1. The summed E-state index contributed by atoms with van der Waals surface area (Å²) in [5.74, 6) is 1.27. The molecule has 30 heavy (non-hydrogen) atoms. The van der Waals surface area contributed by atoms with Crippen LogP contribution in [0, 0.1) is 0 Å². The predicted octanol–water partition coefficient (Wildman–Crippen LogP) is 3.91. The van der Waals surface area contributed by atoms with E-state index < -0.39 is 22.5 Å². The minimum absolute atomic E-state index is 0. The SMILES string of the molecule is CN=C(NCCc1ccc(NC(=O)OC(C)(C)C)cc1)NCCS(=O)C(C)(C)C.I. The van der Waals surface area contributed by atoms with Gasteiger partial charge in [-0.1, -0.05) is 12.1 Å². The molecule has 0 aliphatic rings. The average Bonchev–Trinajstić information content (AvgIpc) is 2.59. The Balaban J connectivity index is 0.00000841. The molecular formula is C21H37IN4O3S. The first kappa shape index (κ1) is 28.6. The maximum atomic E-state index is 12.1. The number of nitrogens with one attached hydrogen (secondary N) is 3. The topological polar surface area (TPSA) is 91.8 Å². The van der Waals surface area contributed by atoms with Crippen LogP contribution in [0.3, 0.4) is 0 Å². The highest BCUT2D eigenvalue weighted by molar-refractivity contribution is 14.0. The quantitative estimate of drug-likeness (QED) is 0.271. The van der Waals surface area contributed by atoms with Crippen molar-refractivity contribution in [3.63, 3.8) is 0 Å².